The molecule has 0 aliphatic rings. The first kappa shape index (κ1) is 23.6. The molecule has 0 saturated carbocycles. The van der Waals surface area contributed by atoms with E-state index in [9.17, 15) is 0 Å². The fraction of sp³-hybridized carbons (Fsp3) is 0. The molecule has 0 aliphatic heterocycles. The van der Waals surface area contributed by atoms with E-state index in [-0.39, 0.29) is 30.3 Å². The Hall–Kier alpha value is 0.563. The summed E-state index contributed by atoms with van der Waals surface area (Å²) in [4.78, 5) is 0. The van der Waals surface area contributed by atoms with Crippen molar-refractivity contribution in [2.75, 3.05) is 0 Å². The van der Waals surface area contributed by atoms with Gasteiger partial charge in [-0.05, 0) is 18.2 Å². The zero-order valence-electron chi connectivity index (χ0n) is 8.35. The Morgan fingerprint density at radius 2 is 1.22 bits per heavy atom. The second-order valence-electron chi connectivity index (χ2n) is 1.97. The van der Waals surface area contributed by atoms with Gasteiger partial charge in [0.2, 0.25) is 0 Å². The molecule has 1 aromatic rings. The minimum Gasteiger partial charge on any atom is -0.506 e. The van der Waals surface area contributed by atoms with Crippen LogP contribution in [0.2, 0.25) is 10.0 Å². The molecule has 0 amide bonds. The zero-order chi connectivity index (χ0) is 14.0. The first-order valence-corrected chi connectivity index (χ1v) is 5.87. The van der Waals surface area contributed by atoms with Crippen LogP contribution < -0.4 is 28.0 Å². The molecule has 0 aromatic heterocycles. The van der Waals surface area contributed by atoms with E-state index in [1.54, 1.807) is 6.07 Å². The third-order valence-electron chi connectivity index (χ3n) is 0.910. The summed E-state index contributed by atoms with van der Waals surface area (Å²) in [7, 11) is -5.70. The monoisotopic (exact) mass is 392 g/mol. The normalized spacial score (nSPS) is 8.78. The van der Waals surface area contributed by atoms with Crippen molar-refractivity contribution in [1.29, 1.82) is 0 Å². The quantitative estimate of drug-likeness (QED) is 0.434. The summed E-state index contributed by atoms with van der Waals surface area (Å²) in [6.45, 7) is 0. The van der Waals surface area contributed by atoms with Crippen LogP contribution in [0, 0.1) is 21.6 Å². The summed E-state index contributed by atoms with van der Waals surface area (Å²) < 4.78 is 50.4. The predicted molar refractivity (Wildman–Crippen MR) is 38.1 cm³/mol. The average molecular weight is 395 g/mol. The summed E-state index contributed by atoms with van der Waals surface area (Å²) >= 11 is 11.0. The van der Waals surface area contributed by atoms with Crippen molar-refractivity contribution in [3.8, 4) is 5.75 Å². The maximum Gasteiger partial charge on any atom is 2.00 e. The zero-order valence-corrected chi connectivity index (χ0v) is 14.3. The number of hydrogen-bond acceptors (Lipinski definition) is 7. The molecule has 7 nitrogen and oxygen atoms in total. The number of hydrogen-bond donors (Lipinski definition) is 1. The Bertz CT molecular complexity index is 302. The van der Waals surface area contributed by atoms with E-state index >= 15 is 0 Å². The molecule has 0 fully saturated rings. The number of aromatic hydroxyl groups is 1. The molecule has 0 spiro atoms. The van der Waals surface area contributed by atoms with Gasteiger partial charge in [-0.2, -0.15) is 0 Å². The molecule has 0 unspecified atom stereocenters. The molecule has 0 atom stereocenters. The van der Waals surface area contributed by atoms with Crippen molar-refractivity contribution in [1.82, 2.24) is 0 Å². The van der Waals surface area contributed by atoms with Crippen molar-refractivity contribution in [3.05, 3.63) is 28.2 Å². The van der Waals surface area contributed by atoms with Gasteiger partial charge < -0.3 is 33.1 Å². The topological polar surface area (TPSA) is 159 Å². The van der Waals surface area contributed by atoms with E-state index in [4.69, 9.17) is 56.3 Å². The maximum absolute atomic E-state index is 8.85. The van der Waals surface area contributed by atoms with Crippen LogP contribution in [0.25, 0.3) is 0 Å². The van der Waals surface area contributed by atoms with E-state index in [1.807, 2.05) is 0 Å². The van der Waals surface area contributed by atoms with Crippen LogP contribution >= 0.6 is 23.2 Å². The van der Waals surface area contributed by atoms with Crippen LogP contribution in [0.15, 0.2) is 18.2 Å². The minimum absolute atomic E-state index is 0. The van der Waals surface area contributed by atoms with Gasteiger partial charge in [0.1, 0.15) is 5.75 Å². The smallest absolute Gasteiger partial charge is 0.506 e. The summed E-state index contributed by atoms with van der Waals surface area (Å²) in [5.74, 6) is 0.0565. The van der Waals surface area contributed by atoms with Gasteiger partial charge in [0.25, 0.3) is 0 Å². The van der Waals surface area contributed by atoms with Crippen LogP contribution in [-0.2, 0) is 19.5 Å². The van der Waals surface area contributed by atoms with Gasteiger partial charge in [-0.3, -0.25) is 0 Å². The third kappa shape index (κ3) is 21.8. The molecule has 1 aromatic carbocycles. The second kappa shape index (κ2) is 14.0. The first-order chi connectivity index (χ1) is 7.66. The number of benzene rings is 1. The van der Waals surface area contributed by atoms with Gasteiger partial charge in [-0.1, -0.05) is 23.2 Å². The van der Waals surface area contributed by atoms with Crippen molar-refractivity contribution in [3.63, 3.8) is 0 Å². The van der Waals surface area contributed by atoms with Gasteiger partial charge in [0, 0.05) is 5.02 Å². The van der Waals surface area contributed by atoms with Gasteiger partial charge in [0.05, 0.1) is 26.6 Å². The Balaban J connectivity index is -0.000000214. The summed E-state index contributed by atoms with van der Waals surface area (Å²) in [6, 6.07) is 4.51. The summed E-state index contributed by atoms with van der Waals surface area (Å²) in [6.07, 6.45) is 0. The number of phenols is 1. The molecule has 18 heavy (non-hydrogen) atoms. The molecule has 0 heterocycles. The van der Waals surface area contributed by atoms with Crippen LogP contribution in [0.5, 0.6) is 5.75 Å². The molecular weight excluding hydrogens is 391 g/mol. The fourth-order valence-corrected chi connectivity index (χ4v) is 0.890. The van der Waals surface area contributed by atoms with Crippen LogP contribution in [0.3, 0.4) is 0 Å². The maximum atomic E-state index is 8.85. The molecule has 1 rings (SSSR count). The van der Waals surface area contributed by atoms with Gasteiger partial charge in [0.15, 0.2) is 0 Å². The molecule has 0 bridgehead atoms. The van der Waals surface area contributed by atoms with Crippen molar-refractivity contribution in [2.24, 2.45) is 0 Å². The molecule has 0 saturated heterocycles. The fourth-order valence-electron chi connectivity index (χ4n) is 0.481. The summed E-state index contributed by atoms with van der Waals surface area (Å²) in [5.41, 5.74) is 0. The first-order valence-electron chi connectivity index (χ1n) is 3.27. The number of rotatable bonds is 0. The Labute approximate surface area is 131 Å². The standard InChI is InChI=1S/C6H4Cl2O.2ClO3.Zn/c7-4-1-2-6(9)5(8)3-4;2*2-1(3)4;/h1-3,9H;;;/q;2*-1;+2. The summed E-state index contributed by atoms with van der Waals surface area (Å²) in [5, 5.41) is 9.66. The SMILES string of the molecule is Oc1ccc(Cl)cc1Cl.[O-][Cl+2]([O-])[O-].[O-][Cl+2]([O-])[O-].[Zn+2]. The third-order valence-corrected chi connectivity index (χ3v) is 1.45. The van der Waals surface area contributed by atoms with E-state index in [1.165, 1.54) is 12.1 Å². The van der Waals surface area contributed by atoms with E-state index in [2.05, 4.69) is 0 Å². The van der Waals surface area contributed by atoms with E-state index in [0.29, 0.717) is 5.02 Å². The molecule has 0 radical (unpaired) electrons. The van der Waals surface area contributed by atoms with Crippen LogP contribution in [0.4, 0.5) is 0 Å². The van der Waals surface area contributed by atoms with Crippen LogP contribution in [-0.4, -0.2) is 5.11 Å². The van der Waals surface area contributed by atoms with Crippen LogP contribution in [0.1, 0.15) is 0 Å². The Morgan fingerprint density at radius 1 is 0.889 bits per heavy atom. The van der Waals surface area contributed by atoms with Gasteiger partial charge >= 0.3 is 19.5 Å². The molecular formula is C6H4Cl4O7Zn. The second-order valence-corrected chi connectivity index (χ2v) is 3.57. The predicted octanol–water partition coefficient (Wildman–Crippen LogP) is -4.44. The van der Waals surface area contributed by atoms with Gasteiger partial charge in [-0.25, -0.2) is 0 Å². The molecule has 12 heteroatoms. The molecule has 1 N–H and O–H groups in total. The minimum atomic E-state index is -2.85. The van der Waals surface area contributed by atoms with Crippen molar-refractivity contribution >= 4 is 23.2 Å². The van der Waals surface area contributed by atoms with E-state index in [0.717, 1.165) is 0 Å². The number of phenolic OH excluding ortho intramolecular Hbond substituents is 1. The molecule has 0 aliphatic carbocycles. The largest absolute Gasteiger partial charge is 2.00 e. The Morgan fingerprint density at radius 3 is 1.44 bits per heavy atom. The Kier molecular flexibility index (Phi) is 18.4. The van der Waals surface area contributed by atoms with Crippen molar-refractivity contribution in [2.45, 2.75) is 0 Å². The van der Waals surface area contributed by atoms with Gasteiger partial charge in [-0.15, -0.1) is 0 Å². The average Bonchev–Trinajstić information content (AvgIpc) is 2.10. The molecule has 100 valence electrons. The van der Waals surface area contributed by atoms with E-state index < -0.39 is 21.6 Å². The van der Waals surface area contributed by atoms with Crippen molar-refractivity contribution < 1.29 is 74.1 Å². The number of halogens is 4.